The Labute approximate surface area is 630 Å². The standard InChI is InChI=1S/C11H18O.C10H19NO.2C10H16O.C9H14O.C9H16O.C8H14O.C7H14O.C7H12O.C6H12.C5H8/c1-11(2,3)10(12)9-7-5-4-6-8-9;1-10(2,3)9(12)7-6-8-11(4)5;1-10(2,3)9(11)7-8-5-4-6-8;1-10(2,3)9(11)8-6-4-5-7-8;1-9(2,3)8(10)7-5-4-6-7;1-7(2)6-8(10)9(3,4)5;1-5-6-7(9)8(2,3)4;2*1-5-6(8)7(2,3)4;1-5-6(2,3)4;1-4-5(2)3/h7H,4-6,8H2,1-3H3;6-7H,8H2,1-5H3;7H,4-6H2,1-3H3;6H,4-5,7H2,1-3H3;5H,4,6H2,1-3H3;6H,1-5H3;5-6H,1-4H3;5H2,1-4H3;5H,1H2,2-4H3;5H,1H2,2-4H3;1,5H,2-3H3/b;7-6+;;;;;6-5+;;;;. The number of ketones is 9. The van der Waals surface area contributed by atoms with Crippen LogP contribution in [0, 0.1) is 72.4 Å². The predicted octanol–water partition coefficient (Wildman–Crippen LogP) is 24.6. The van der Waals surface area contributed by atoms with Crippen LogP contribution in [0.5, 0.6) is 0 Å². The highest BCUT2D eigenvalue weighted by Gasteiger charge is 2.29. The minimum absolute atomic E-state index is 0.0949. The first-order chi connectivity index (χ1) is 45.5. The van der Waals surface area contributed by atoms with Gasteiger partial charge in [-0.25, -0.2) is 0 Å². The molecule has 0 spiro atoms. The van der Waals surface area contributed by atoms with E-state index in [9.17, 15) is 43.2 Å². The molecule has 10 heteroatoms. The smallest absolute Gasteiger partial charge is 0.163 e. The topological polar surface area (TPSA) is 157 Å². The molecule has 0 aliphatic heterocycles. The molecule has 0 atom stereocenters. The first kappa shape index (κ1) is 110. The van der Waals surface area contributed by atoms with E-state index in [0.717, 1.165) is 86.6 Å². The second-order valence-electron chi connectivity index (χ2n) is 37.8. The lowest BCUT2D eigenvalue weighted by Gasteiger charge is -2.22. The molecule has 0 unspecified atom stereocenters. The van der Waals surface area contributed by atoms with Crippen LogP contribution in [0.3, 0.4) is 0 Å². The Balaban J connectivity index is -0.000000196. The van der Waals surface area contributed by atoms with Crippen LogP contribution in [0.4, 0.5) is 0 Å². The summed E-state index contributed by atoms with van der Waals surface area (Å²) in [6, 6.07) is 0. The quantitative estimate of drug-likeness (QED) is 0.111. The third-order valence-electron chi connectivity index (χ3n) is 14.8. The summed E-state index contributed by atoms with van der Waals surface area (Å²) in [6.07, 6.45) is 39.0. The summed E-state index contributed by atoms with van der Waals surface area (Å²) in [5, 5.41) is 0. The van der Waals surface area contributed by atoms with E-state index in [0.29, 0.717) is 40.9 Å². The highest BCUT2D eigenvalue weighted by molar-refractivity contribution is 6.01. The van der Waals surface area contributed by atoms with Gasteiger partial charge in [0.2, 0.25) is 0 Å². The third-order valence-corrected chi connectivity index (χ3v) is 14.8. The fourth-order valence-corrected chi connectivity index (χ4v) is 7.13. The van der Waals surface area contributed by atoms with Crippen LogP contribution in [0.2, 0.25) is 0 Å². The molecule has 1 saturated carbocycles. The fourth-order valence-electron chi connectivity index (χ4n) is 7.13. The minimum Gasteiger partial charge on any atom is -0.306 e. The maximum Gasteiger partial charge on any atom is 0.163 e. The molecule has 0 radical (unpaired) electrons. The van der Waals surface area contributed by atoms with Gasteiger partial charge in [0.05, 0.1) is 0 Å². The molecule has 0 amide bonds. The number of allylic oxidation sites excluding steroid dienone is 15. The summed E-state index contributed by atoms with van der Waals surface area (Å²) in [5.41, 5.74) is 4.06. The Morgan fingerprint density at radius 3 is 0.941 bits per heavy atom. The molecule has 102 heavy (non-hydrogen) atoms. The van der Waals surface area contributed by atoms with Gasteiger partial charge in [-0.05, 0) is 164 Å². The van der Waals surface area contributed by atoms with Gasteiger partial charge in [0.1, 0.15) is 5.78 Å². The molecule has 0 aromatic heterocycles. The first-order valence-corrected chi connectivity index (χ1v) is 37.5. The summed E-state index contributed by atoms with van der Waals surface area (Å²) in [4.78, 5) is 103. The van der Waals surface area contributed by atoms with Crippen molar-refractivity contribution in [2.75, 3.05) is 20.6 Å². The van der Waals surface area contributed by atoms with Crippen LogP contribution in [0.1, 0.15) is 333 Å². The van der Waals surface area contributed by atoms with Crippen molar-refractivity contribution in [2.24, 2.45) is 60.1 Å². The molecular weight excluding hydrogens is 1260 g/mol. The van der Waals surface area contributed by atoms with Crippen molar-refractivity contribution < 1.29 is 43.2 Å². The van der Waals surface area contributed by atoms with Crippen LogP contribution in [0.25, 0.3) is 0 Å². The number of carbonyl (C=O) groups excluding carboxylic acids is 9. The molecule has 0 aromatic rings. The van der Waals surface area contributed by atoms with E-state index in [1.807, 2.05) is 272 Å². The lowest BCUT2D eigenvalue weighted by molar-refractivity contribution is -0.126. The number of hydrogen-bond donors (Lipinski definition) is 0. The van der Waals surface area contributed by atoms with E-state index < -0.39 is 0 Å². The van der Waals surface area contributed by atoms with Crippen molar-refractivity contribution >= 4 is 52.0 Å². The average molecular weight is 1420 g/mol. The van der Waals surface area contributed by atoms with Crippen molar-refractivity contribution in [1.82, 2.24) is 4.90 Å². The van der Waals surface area contributed by atoms with Gasteiger partial charge in [0, 0.05) is 67.6 Å². The second-order valence-corrected chi connectivity index (χ2v) is 37.8. The summed E-state index contributed by atoms with van der Waals surface area (Å²) in [6.45, 7) is 78.2. The number of carbonyl (C=O) groups is 9. The van der Waals surface area contributed by atoms with Crippen molar-refractivity contribution in [2.45, 2.75) is 333 Å². The average Bonchev–Trinajstić information content (AvgIpc) is 1.11. The largest absolute Gasteiger partial charge is 0.306 e. The Morgan fingerprint density at radius 2 is 0.794 bits per heavy atom. The normalized spacial score (nSPS) is 14.3. The van der Waals surface area contributed by atoms with Crippen LogP contribution >= 0.6 is 0 Å². The fraction of sp³-hybridized carbons (Fsp3) is 0.685. The van der Waals surface area contributed by atoms with Crippen LogP contribution in [-0.4, -0.2) is 77.6 Å². The van der Waals surface area contributed by atoms with Crippen LogP contribution < -0.4 is 0 Å². The zero-order chi connectivity index (χ0) is 82.6. The number of rotatable bonds is 11. The molecule has 0 bridgehead atoms. The van der Waals surface area contributed by atoms with Crippen LogP contribution in [-0.2, 0) is 43.2 Å². The SMILES string of the molecule is C#CC(C)C.C/C=C/C(=O)C(C)(C)C.C=CC(=O)C(C)(C)C.C=CC(C)(C)C.CC(C)(C)C(=O)C1=CCC1.CC(C)(C)C(=O)C1=CCCC1.CC(C)(C)C(=O)C1=CCCCC1.CC(C)(C)C(=O)C=C1CCC1.CC(C)=CC(=O)C(C)(C)C.CCC(=O)C(C)(C)C.CN(C)C/C=C/C(=O)C(C)(C)C. The monoisotopic (exact) mass is 1420 g/mol. The van der Waals surface area contributed by atoms with Crippen molar-refractivity contribution in [3.63, 3.8) is 0 Å². The zero-order valence-electron chi connectivity index (χ0n) is 73.4. The van der Waals surface area contributed by atoms with Gasteiger partial charge < -0.3 is 4.90 Å². The molecule has 4 rings (SSSR count). The van der Waals surface area contributed by atoms with E-state index in [1.165, 1.54) is 30.9 Å². The van der Waals surface area contributed by atoms with Crippen molar-refractivity contribution in [3.8, 4) is 12.3 Å². The lowest BCUT2D eigenvalue weighted by atomic mass is 9.81. The number of Topliss-reactive ketones (excluding diaryl/α,β-unsaturated/α-hetero) is 4. The van der Waals surface area contributed by atoms with E-state index in [2.05, 4.69) is 52.0 Å². The van der Waals surface area contributed by atoms with Gasteiger partial charge in [-0.3, -0.25) is 43.2 Å². The van der Waals surface area contributed by atoms with E-state index in [4.69, 9.17) is 6.42 Å². The zero-order valence-corrected chi connectivity index (χ0v) is 73.4. The van der Waals surface area contributed by atoms with Gasteiger partial charge in [-0.2, -0.15) is 0 Å². The maximum atomic E-state index is 11.8. The number of nitrogens with zero attached hydrogens (tertiary/aromatic N) is 1. The number of likely N-dealkylation sites (N-methyl/N-ethyl adjacent to an activating group) is 1. The molecule has 0 N–H and O–H groups in total. The molecule has 586 valence electrons. The number of hydrogen-bond acceptors (Lipinski definition) is 10. The van der Waals surface area contributed by atoms with Gasteiger partial charge in [-0.1, -0.05) is 283 Å². The Kier molecular flexibility index (Phi) is 55.2. The number of terminal acetylenes is 1. The molecule has 4 aliphatic carbocycles. The molecule has 1 fully saturated rings. The van der Waals surface area contributed by atoms with E-state index >= 15 is 0 Å². The van der Waals surface area contributed by atoms with Crippen molar-refractivity contribution in [3.05, 3.63) is 108 Å². The summed E-state index contributed by atoms with van der Waals surface area (Å²) >= 11 is 0. The van der Waals surface area contributed by atoms with Gasteiger partial charge in [0.15, 0.2) is 46.3 Å². The molecule has 0 heterocycles. The third kappa shape index (κ3) is 63.9. The molecule has 10 nitrogen and oxygen atoms in total. The van der Waals surface area contributed by atoms with Crippen LogP contribution in [0.15, 0.2) is 108 Å². The molecule has 0 saturated heterocycles. The molecular formula is C92H159NO9. The van der Waals surface area contributed by atoms with Gasteiger partial charge >= 0.3 is 0 Å². The Morgan fingerprint density at radius 1 is 0.461 bits per heavy atom. The summed E-state index contributed by atoms with van der Waals surface area (Å²) < 4.78 is 0. The predicted molar refractivity (Wildman–Crippen MR) is 444 cm³/mol. The van der Waals surface area contributed by atoms with Gasteiger partial charge in [-0.15, -0.1) is 18.9 Å². The Bertz CT molecular complexity index is 2840. The first-order valence-electron chi connectivity index (χ1n) is 37.5. The van der Waals surface area contributed by atoms with E-state index in [1.54, 1.807) is 24.3 Å². The highest BCUT2D eigenvalue weighted by atomic mass is 16.2. The van der Waals surface area contributed by atoms with Crippen molar-refractivity contribution in [1.29, 1.82) is 0 Å². The second kappa shape index (κ2) is 51.4. The maximum absolute atomic E-state index is 11.8. The molecule has 0 aromatic carbocycles. The molecule has 4 aliphatic rings. The highest BCUT2D eigenvalue weighted by Crippen LogP contribution is 2.31. The summed E-state index contributed by atoms with van der Waals surface area (Å²) in [7, 11) is 3.96. The van der Waals surface area contributed by atoms with Gasteiger partial charge in [0.25, 0.3) is 0 Å². The summed E-state index contributed by atoms with van der Waals surface area (Å²) in [5.74, 6) is 5.19. The van der Waals surface area contributed by atoms with E-state index in [-0.39, 0.29) is 77.7 Å². The lowest BCUT2D eigenvalue weighted by Crippen LogP contribution is -2.24. The minimum atomic E-state index is -0.248. The Hall–Kier alpha value is -5.79.